The summed E-state index contributed by atoms with van der Waals surface area (Å²) >= 11 is 0. The third-order valence-electron chi connectivity index (χ3n) is 6.05. The van der Waals surface area contributed by atoms with Gasteiger partial charge in [0.25, 0.3) is 5.91 Å². The van der Waals surface area contributed by atoms with Crippen molar-refractivity contribution in [3.63, 3.8) is 0 Å². The summed E-state index contributed by atoms with van der Waals surface area (Å²) < 4.78 is 21.8. The Morgan fingerprint density at radius 3 is 2.47 bits per heavy atom. The lowest BCUT2D eigenvalue weighted by molar-refractivity contribution is 0.0691. The molecule has 158 valence electrons. The van der Waals surface area contributed by atoms with Gasteiger partial charge in [-0.25, -0.2) is 0 Å². The molecule has 3 aliphatic heterocycles. The van der Waals surface area contributed by atoms with Gasteiger partial charge in [0.1, 0.15) is 0 Å². The summed E-state index contributed by atoms with van der Waals surface area (Å²) in [6, 6.07) is 11.7. The lowest BCUT2D eigenvalue weighted by atomic mass is 10.1. The molecule has 0 aliphatic carbocycles. The summed E-state index contributed by atoms with van der Waals surface area (Å²) in [5.74, 6) is 2.79. The topological polar surface area (TPSA) is 60.5 Å². The molecule has 0 unspecified atom stereocenters. The Bertz CT molecular complexity index is 947. The van der Waals surface area contributed by atoms with E-state index in [1.54, 1.807) is 6.07 Å². The lowest BCUT2D eigenvalue weighted by Crippen LogP contribution is -2.42. The van der Waals surface area contributed by atoms with E-state index in [4.69, 9.17) is 18.9 Å². The van der Waals surface area contributed by atoms with Crippen LogP contribution in [0.25, 0.3) is 0 Å². The van der Waals surface area contributed by atoms with Crippen LogP contribution < -0.4 is 18.9 Å². The van der Waals surface area contributed by atoms with Gasteiger partial charge in [-0.05, 0) is 61.8 Å². The van der Waals surface area contributed by atoms with Gasteiger partial charge in [0, 0.05) is 24.7 Å². The number of carbonyl (C=O) groups excluding carboxylic acids is 1. The largest absolute Gasteiger partial charge is 0.454 e. The summed E-state index contributed by atoms with van der Waals surface area (Å²) in [5.41, 5.74) is 1.63. The molecule has 2 aromatic carbocycles. The monoisotopic (exact) mass is 410 g/mol. The van der Waals surface area contributed by atoms with Crippen LogP contribution in [0.4, 0.5) is 0 Å². The molecule has 7 heteroatoms. The first-order valence-corrected chi connectivity index (χ1v) is 10.5. The molecule has 2 aromatic rings. The van der Waals surface area contributed by atoms with Gasteiger partial charge in [-0.1, -0.05) is 13.0 Å². The van der Waals surface area contributed by atoms with E-state index in [9.17, 15) is 4.79 Å². The quantitative estimate of drug-likeness (QED) is 0.729. The predicted octanol–water partition coefficient (Wildman–Crippen LogP) is 3.27. The fourth-order valence-electron chi connectivity index (χ4n) is 4.46. The van der Waals surface area contributed by atoms with Crippen LogP contribution in [0.1, 0.15) is 35.7 Å². The van der Waals surface area contributed by atoms with E-state index in [1.165, 1.54) is 6.42 Å². The second-order valence-electron chi connectivity index (χ2n) is 7.87. The summed E-state index contributed by atoms with van der Waals surface area (Å²) in [7, 11) is 0. The fraction of sp³-hybridized carbons (Fsp3) is 0.435. The zero-order chi connectivity index (χ0) is 20.5. The van der Waals surface area contributed by atoms with Gasteiger partial charge in [0.05, 0.1) is 0 Å². The van der Waals surface area contributed by atoms with Crippen molar-refractivity contribution in [2.24, 2.45) is 0 Å². The Morgan fingerprint density at radius 2 is 1.70 bits per heavy atom. The van der Waals surface area contributed by atoms with Crippen molar-refractivity contribution in [2.75, 3.05) is 33.2 Å². The molecule has 1 saturated heterocycles. The first-order valence-electron chi connectivity index (χ1n) is 10.5. The predicted molar refractivity (Wildman–Crippen MR) is 110 cm³/mol. The van der Waals surface area contributed by atoms with Crippen LogP contribution in [0, 0.1) is 0 Å². The van der Waals surface area contributed by atoms with Crippen LogP contribution in [0.3, 0.4) is 0 Å². The van der Waals surface area contributed by atoms with E-state index in [1.807, 2.05) is 35.2 Å². The van der Waals surface area contributed by atoms with Crippen molar-refractivity contribution in [1.82, 2.24) is 9.80 Å². The van der Waals surface area contributed by atoms with E-state index in [-0.39, 0.29) is 19.5 Å². The van der Waals surface area contributed by atoms with Gasteiger partial charge < -0.3 is 23.8 Å². The molecule has 0 N–H and O–H groups in total. The highest BCUT2D eigenvalue weighted by molar-refractivity contribution is 5.95. The van der Waals surface area contributed by atoms with E-state index >= 15 is 0 Å². The number of likely N-dealkylation sites (N-methyl/N-ethyl adjacent to an activating group) is 1. The average Bonchev–Trinajstić information content (AvgIpc) is 3.51. The molecule has 0 radical (unpaired) electrons. The number of benzene rings is 2. The third kappa shape index (κ3) is 3.65. The maximum atomic E-state index is 13.5. The van der Waals surface area contributed by atoms with Gasteiger partial charge in [0.2, 0.25) is 13.6 Å². The molecule has 30 heavy (non-hydrogen) atoms. The minimum absolute atomic E-state index is 0.00563. The first kappa shape index (κ1) is 19.1. The van der Waals surface area contributed by atoms with Gasteiger partial charge >= 0.3 is 0 Å². The molecule has 1 fully saturated rings. The first-order chi connectivity index (χ1) is 14.7. The third-order valence-corrected chi connectivity index (χ3v) is 6.05. The number of hydrogen-bond donors (Lipinski definition) is 0. The summed E-state index contributed by atoms with van der Waals surface area (Å²) in [4.78, 5) is 17.9. The highest BCUT2D eigenvalue weighted by Crippen LogP contribution is 2.35. The zero-order valence-corrected chi connectivity index (χ0v) is 17.1. The summed E-state index contributed by atoms with van der Waals surface area (Å²) in [6.07, 6.45) is 2.29. The highest BCUT2D eigenvalue weighted by atomic mass is 16.7. The van der Waals surface area contributed by atoms with Gasteiger partial charge in [-0.2, -0.15) is 0 Å². The molecule has 0 saturated carbocycles. The van der Waals surface area contributed by atoms with Crippen molar-refractivity contribution >= 4 is 5.91 Å². The van der Waals surface area contributed by atoms with Crippen LogP contribution in [-0.4, -0.2) is 55.0 Å². The molecule has 1 atom stereocenters. The Morgan fingerprint density at radius 1 is 1.00 bits per heavy atom. The van der Waals surface area contributed by atoms with E-state index in [0.29, 0.717) is 36.2 Å². The Labute approximate surface area is 176 Å². The van der Waals surface area contributed by atoms with Crippen LogP contribution in [0.2, 0.25) is 0 Å². The molecular weight excluding hydrogens is 384 g/mol. The van der Waals surface area contributed by atoms with Crippen LogP contribution in [0.5, 0.6) is 23.0 Å². The second-order valence-corrected chi connectivity index (χ2v) is 7.87. The molecule has 0 bridgehead atoms. The number of carbonyl (C=O) groups is 1. The molecule has 3 heterocycles. The van der Waals surface area contributed by atoms with Crippen LogP contribution in [-0.2, 0) is 6.54 Å². The number of amides is 1. The molecular formula is C23H26N2O5. The minimum atomic E-state index is -0.00563. The normalized spacial score (nSPS) is 19.3. The smallest absolute Gasteiger partial charge is 0.254 e. The van der Waals surface area contributed by atoms with Crippen LogP contribution >= 0.6 is 0 Å². The van der Waals surface area contributed by atoms with Crippen LogP contribution in [0.15, 0.2) is 36.4 Å². The van der Waals surface area contributed by atoms with Crippen molar-refractivity contribution in [3.05, 3.63) is 47.5 Å². The number of rotatable bonds is 6. The standard InChI is InChI=1S/C23H26N2O5/c1-2-24-9-3-4-18(24)13-25(12-16-5-7-19-21(10-16)29-14-27-19)23(26)17-6-8-20-22(11-17)30-15-28-20/h5-8,10-11,18H,2-4,9,12-15H2,1H3/t18-/m1/s1. The minimum Gasteiger partial charge on any atom is -0.454 e. The number of fused-ring (bicyclic) bond motifs is 2. The fourth-order valence-corrected chi connectivity index (χ4v) is 4.46. The van der Waals surface area contributed by atoms with E-state index in [2.05, 4.69) is 11.8 Å². The molecule has 3 aliphatic rings. The number of likely N-dealkylation sites (tertiary alicyclic amines) is 1. The van der Waals surface area contributed by atoms with Crippen molar-refractivity contribution in [3.8, 4) is 23.0 Å². The Balaban J connectivity index is 1.40. The van der Waals surface area contributed by atoms with Crippen molar-refractivity contribution in [1.29, 1.82) is 0 Å². The maximum absolute atomic E-state index is 13.5. The second kappa shape index (κ2) is 8.07. The van der Waals surface area contributed by atoms with E-state index < -0.39 is 0 Å². The molecule has 0 aromatic heterocycles. The van der Waals surface area contributed by atoms with Crippen molar-refractivity contribution < 1.29 is 23.7 Å². The van der Waals surface area contributed by atoms with E-state index in [0.717, 1.165) is 36.6 Å². The molecule has 5 rings (SSSR count). The van der Waals surface area contributed by atoms with Gasteiger partial charge in [-0.3, -0.25) is 9.69 Å². The molecule has 7 nitrogen and oxygen atoms in total. The average molecular weight is 410 g/mol. The zero-order valence-electron chi connectivity index (χ0n) is 17.1. The number of hydrogen-bond acceptors (Lipinski definition) is 6. The molecule has 0 spiro atoms. The number of ether oxygens (including phenoxy) is 4. The highest BCUT2D eigenvalue weighted by Gasteiger charge is 2.29. The Kier molecular flexibility index (Phi) is 5.12. The number of nitrogens with zero attached hydrogens (tertiary/aromatic N) is 2. The lowest BCUT2D eigenvalue weighted by Gasteiger charge is -2.30. The Hall–Kier alpha value is -2.93. The van der Waals surface area contributed by atoms with Crippen molar-refractivity contribution in [2.45, 2.75) is 32.4 Å². The van der Waals surface area contributed by atoms with Gasteiger partial charge in [0.15, 0.2) is 23.0 Å². The molecule has 1 amide bonds. The maximum Gasteiger partial charge on any atom is 0.254 e. The summed E-state index contributed by atoms with van der Waals surface area (Å²) in [6.45, 7) is 5.92. The summed E-state index contributed by atoms with van der Waals surface area (Å²) in [5, 5.41) is 0. The van der Waals surface area contributed by atoms with Gasteiger partial charge in [-0.15, -0.1) is 0 Å². The SMILES string of the molecule is CCN1CCC[C@@H]1CN(Cc1ccc2c(c1)OCO2)C(=O)c1ccc2c(c1)OCO2.